The highest BCUT2D eigenvalue weighted by Gasteiger charge is 2.26. The summed E-state index contributed by atoms with van der Waals surface area (Å²) in [5.41, 5.74) is 0.277. The molecular weight excluding hydrogens is 176 g/mol. The van der Waals surface area contributed by atoms with Crippen molar-refractivity contribution in [2.75, 3.05) is 19.6 Å². The average molecular weight is 196 g/mol. The van der Waals surface area contributed by atoms with Crippen molar-refractivity contribution in [3.05, 3.63) is 0 Å². The normalized spacial score (nSPS) is 20.5. The Hall–Kier alpha value is -0.660. The third kappa shape index (κ3) is 3.24. The standard InChI is InChI=1S/C11H20N2O/c1-11(2,3)13-6-4-10(5-7-13)8-12-9-14/h10H,4-8H2,1-3H3. The summed E-state index contributed by atoms with van der Waals surface area (Å²) >= 11 is 0. The molecule has 0 bridgehead atoms. The summed E-state index contributed by atoms with van der Waals surface area (Å²) in [4.78, 5) is 16.1. The van der Waals surface area contributed by atoms with Crippen molar-refractivity contribution in [2.45, 2.75) is 39.2 Å². The molecule has 0 atom stereocenters. The lowest BCUT2D eigenvalue weighted by Gasteiger charge is -2.40. The van der Waals surface area contributed by atoms with Gasteiger partial charge in [0.2, 0.25) is 6.08 Å². The van der Waals surface area contributed by atoms with E-state index < -0.39 is 0 Å². The van der Waals surface area contributed by atoms with Gasteiger partial charge in [-0.2, -0.15) is 0 Å². The number of hydrogen-bond donors (Lipinski definition) is 0. The van der Waals surface area contributed by atoms with E-state index in [2.05, 4.69) is 30.7 Å². The molecule has 0 unspecified atom stereocenters. The molecule has 1 saturated heterocycles. The lowest BCUT2D eigenvalue weighted by Crippen LogP contribution is -2.46. The van der Waals surface area contributed by atoms with Crippen LogP contribution in [0.15, 0.2) is 4.99 Å². The lowest BCUT2D eigenvalue weighted by molar-refractivity contribution is 0.0895. The number of isocyanates is 1. The van der Waals surface area contributed by atoms with E-state index in [1.54, 1.807) is 6.08 Å². The molecule has 3 heteroatoms. The predicted octanol–water partition coefficient (Wildman–Crippen LogP) is 1.83. The largest absolute Gasteiger partial charge is 0.298 e. The Labute approximate surface area is 86.2 Å². The molecule has 3 nitrogen and oxygen atoms in total. The van der Waals surface area contributed by atoms with E-state index >= 15 is 0 Å². The summed E-state index contributed by atoms with van der Waals surface area (Å²) in [7, 11) is 0. The summed E-state index contributed by atoms with van der Waals surface area (Å²) < 4.78 is 0. The molecule has 1 rings (SSSR count). The highest BCUT2D eigenvalue weighted by Crippen LogP contribution is 2.23. The van der Waals surface area contributed by atoms with Gasteiger partial charge in [-0.15, -0.1) is 0 Å². The third-order valence-corrected chi connectivity index (χ3v) is 2.98. The number of rotatable bonds is 2. The molecule has 1 heterocycles. The van der Waals surface area contributed by atoms with E-state index in [4.69, 9.17) is 0 Å². The number of carbonyl (C=O) groups excluding carboxylic acids is 1. The van der Waals surface area contributed by atoms with E-state index in [9.17, 15) is 4.79 Å². The van der Waals surface area contributed by atoms with Crippen molar-refractivity contribution in [3.8, 4) is 0 Å². The Morgan fingerprint density at radius 2 is 1.93 bits per heavy atom. The van der Waals surface area contributed by atoms with Crippen LogP contribution in [0.1, 0.15) is 33.6 Å². The zero-order valence-corrected chi connectivity index (χ0v) is 9.42. The molecular formula is C11H20N2O. The third-order valence-electron chi connectivity index (χ3n) is 2.98. The first-order valence-electron chi connectivity index (χ1n) is 5.32. The van der Waals surface area contributed by atoms with Gasteiger partial charge in [0.05, 0.1) is 6.54 Å². The highest BCUT2D eigenvalue weighted by atomic mass is 16.1. The first-order chi connectivity index (χ1) is 6.54. The number of aliphatic imine (C=N–C) groups is 1. The maximum Gasteiger partial charge on any atom is 0.234 e. The highest BCUT2D eigenvalue weighted by molar-refractivity contribution is 5.32. The Balaban J connectivity index is 2.35. The van der Waals surface area contributed by atoms with Crippen LogP contribution in [0, 0.1) is 5.92 Å². The molecule has 0 aliphatic carbocycles. The van der Waals surface area contributed by atoms with Crippen molar-refractivity contribution < 1.29 is 4.79 Å². The minimum absolute atomic E-state index is 0.277. The van der Waals surface area contributed by atoms with Crippen LogP contribution in [-0.2, 0) is 4.79 Å². The monoisotopic (exact) mass is 196 g/mol. The van der Waals surface area contributed by atoms with Gasteiger partial charge >= 0.3 is 0 Å². The number of piperidine rings is 1. The fourth-order valence-corrected chi connectivity index (χ4v) is 1.95. The number of nitrogens with zero attached hydrogens (tertiary/aromatic N) is 2. The van der Waals surface area contributed by atoms with Crippen LogP contribution in [0.3, 0.4) is 0 Å². The molecule has 1 aliphatic heterocycles. The molecule has 80 valence electrons. The Morgan fingerprint density at radius 1 is 1.36 bits per heavy atom. The van der Waals surface area contributed by atoms with Crippen LogP contribution >= 0.6 is 0 Å². The minimum Gasteiger partial charge on any atom is -0.298 e. The minimum atomic E-state index is 0.277. The van der Waals surface area contributed by atoms with Crippen LogP contribution < -0.4 is 0 Å². The smallest absolute Gasteiger partial charge is 0.234 e. The molecule has 0 spiro atoms. The zero-order chi connectivity index (χ0) is 10.6. The van der Waals surface area contributed by atoms with Gasteiger partial charge in [0.25, 0.3) is 0 Å². The number of hydrogen-bond acceptors (Lipinski definition) is 3. The maximum absolute atomic E-state index is 9.97. The van der Waals surface area contributed by atoms with E-state index in [0.29, 0.717) is 12.5 Å². The number of likely N-dealkylation sites (tertiary alicyclic amines) is 1. The topological polar surface area (TPSA) is 32.7 Å². The SMILES string of the molecule is CC(C)(C)N1CCC(CN=C=O)CC1. The van der Waals surface area contributed by atoms with Gasteiger partial charge in [0.1, 0.15) is 0 Å². The van der Waals surface area contributed by atoms with Crippen molar-refractivity contribution >= 4 is 6.08 Å². The molecule has 0 radical (unpaired) electrons. The summed E-state index contributed by atoms with van der Waals surface area (Å²) in [6.45, 7) is 9.66. The van der Waals surface area contributed by atoms with E-state index in [1.165, 1.54) is 0 Å². The maximum atomic E-state index is 9.97. The quantitative estimate of drug-likeness (QED) is 0.498. The molecule has 14 heavy (non-hydrogen) atoms. The Kier molecular flexibility index (Phi) is 3.85. The average Bonchev–Trinajstić information content (AvgIpc) is 2.14. The fourth-order valence-electron chi connectivity index (χ4n) is 1.95. The van der Waals surface area contributed by atoms with E-state index in [1.807, 2.05) is 0 Å². The lowest BCUT2D eigenvalue weighted by atomic mass is 9.93. The predicted molar refractivity (Wildman–Crippen MR) is 57.0 cm³/mol. The molecule has 0 aromatic heterocycles. The molecule has 0 aromatic rings. The summed E-state index contributed by atoms with van der Waals surface area (Å²) in [5, 5.41) is 0. The molecule has 0 saturated carbocycles. The van der Waals surface area contributed by atoms with Crippen molar-refractivity contribution in [1.29, 1.82) is 0 Å². The van der Waals surface area contributed by atoms with Gasteiger partial charge < -0.3 is 0 Å². The molecule has 0 aromatic carbocycles. The van der Waals surface area contributed by atoms with Gasteiger partial charge in [0, 0.05) is 5.54 Å². The van der Waals surface area contributed by atoms with Gasteiger partial charge in [-0.3, -0.25) is 4.90 Å². The summed E-state index contributed by atoms with van der Waals surface area (Å²) in [6.07, 6.45) is 3.93. The van der Waals surface area contributed by atoms with Crippen LogP contribution in [0.25, 0.3) is 0 Å². The molecule has 1 aliphatic rings. The molecule has 0 amide bonds. The second-order valence-electron chi connectivity index (χ2n) is 5.03. The van der Waals surface area contributed by atoms with Crippen molar-refractivity contribution in [2.24, 2.45) is 10.9 Å². The zero-order valence-electron chi connectivity index (χ0n) is 9.42. The second kappa shape index (κ2) is 4.72. The first-order valence-corrected chi connectivity index (χ1v) is 5.32. The second-order valence-corrected chi connectivity index (χ2v) is 5.03. The van der Waals surface area contributed by atoms with Gasteiger partial charge in [0.15, 0.2) is 0 Å². The first kappa shape index (κ1) is 11.4. The van der Waals surface area contributed by atoms with Crippen LogP contribution in [-0.4, -0.2) is 36.2 Å². The summed E-state index contributed by atoms with van der Waals surface area (Å²) in [6, 6.07) is 0. The Bertz CT molecular complexity index is 218. The molecule has 0 N–H and O–H groups in total. The van der Waals surface area contributed by atoms with Gasteiger partial charge in [-0.1, -0.05) is 0 Å². The Morgan fingerprint density at radius 3 is 2.36 bits per heavy atom. The fraction of sp³-hybridized carbons (Fsp3) is 0.909. The van der Waals surface area contributed by atoms with Crippen LogP contribution in [0.5, 0.6) is 0 Å². The van der Waals surface area contributed by atoms with Gasteiger partial charge in [-0.25, -0.2) is 9.79 Å². The van der Waals surface area contributed by atoms with Crippen molar-refractivity contribution in [3.63, 3.8) is 0 Å². The van der Waals surface area contributed by atoms with E-state index in [-0.39, 0.29) is 5.54 Å². The summed E-state index contributed by atoms with van der Waals surface area (Å²) in [5.74, 6) is 0.593. The van der Waals surface area contributed by atoms with Gasteiger partial charge in [-0.05, 0) is 52.6 Å². The molecule has 1 fully saturated rings. The van der Waals surface area contributed by atoms with Crippen molar-refractivity contribution in [1.82, 2.24) is 4.90 Å². The van der Waals surface area contributed by atoms with Crippen LogP contribution in [0.2, 0.25) is 0 Å². The van der Waals surface area contributed by atoms with Crippen LogP contribution in [0.4, 0.5) is 0 Å². The van der Waals surface area contributed by atoms with E-state index in [0.717, 1.165) is 25.9 Å².